The average Bonchev–Trinajstić information content (AvgIpc) is 2.17. The van der Waals surface area contributed by atoms with Crippen LogP contribution in [0.15, 0.2) is 22.5 Å². The third kappa shape index (κ3) is 2.46. The van der Waals surface area contributed by atoms with Crippen LogP contribution in [-0.2, 0) is 9.53 Å². The van der Waals surface area contributed by atoms with E-state index in [2.05, 4.69) is 0 Å². The molecule has 0 spiro atoms. The summed E-state index contributed by atoms with van der Waals surface area (Å²) < 4.78 is 4.97. The average molecular weight is 224 g/mol. The van der Waals surface area contributed by atoms with Gasteiger partial charge in [-0.15, -0.1) is 0 Å². The Balaban J connectivity index is 3.14. The number of ether oxygens (including phenoxy) is 1. The van der Waals surface area contributed by atoms with Crippen molar-refractivity contribution < 1.29 is 14.6 Å². The number of esters is 1. The second kappa shape index (κ2) is 5.19. The number of aliphatic hydroxyl groups excluding tert-OH is 1. The van der Waals surface area contributed by atoms with Crippen LogP contribution < -0.4 is 0 Å². The van der Waals surface area contributed by atoms with Crippen molar-refractivity contribution in [3.8, 4) is 0 Å². The van der Waals surface area contributed by atoms with Crippen LogP contribution in [0.2, 0.25) is 0 Å². The van der Waals surface area contributed by atoms with Crippen LogP contribution in [0.1, 0.15) is 40.5 Å². The molecule has 0 saturated carbocycles. The van der Waals surface area contributed by atoms with E-state index in [4.69, 9.17) is 4.74 Å². The van der Waals surface area contributed by atoms with Gasteiger partial charge >= 0.3 is 5.97 Å². The van der Waals surface area contributed by atoms with Crippen LogP contribution in [0.4, 0.5) is 0 Å². The zero-order valence-corrected chi connectivity index (χ0v) is 10.5. The van der Waals surface area contributed by atoms with E-state index in [-0.39, 0.29) is 17.6 Å². The van der Waals surface area contributed by atoms with Crippen LogP contribution in [0.3, 0.4) is 0 Å². The highest BCUT2D eigenvalue weighted by molar-refractivity contribution is 5.90. The van der Waals surface area contributed by atoms with Crippen molar-refractivity contribution in [2.75, 3.05) is 6.61 Å². The summed E-state index contributed by atoms with van der Waals surface area (Å²) in [4.78, 5) is 11.7. The normalized spacial score (nSPS) is 21.0. The summed E-state index contributed by atoms with van der Waals surface area (Å²) in [6, 6.07) is 0. The summed E-state index contributed by atoms with van der Waals surface area (Å²) in [5.41, 5.74) is 2.39. The highest BCUT2D eigenvalue weighted by Crippen LogP contribution is 2.34. The number of carbonyl (C=O) groups is 1. The second-order valence-corrected chi connectivity index (χ2v) is 4.40. The summed E-state index contributed by atoms with van der Waals surface area (Å²) in [7, 11) is 0. The molecule has 0 unspecified atom stereocenters. The molecule has 1 atom stereocenters. The molecular weight excluding hydrogens is 204 g/mol. The van der Waals surface area contributed by atoms with Crippen LogP contribution in [0.25, 0.3) is 0 Å². The lowest BCUT2D eigenvalue weighted by molar-refractivity contribution is -0.139. The van der Waals surface area contributed by atoms with Crippen molar-refractivity contribution in [3.63, 3.8) is 0 Å². The summed E-state index contributed by atoms with van der Waals surface area (Å²) in [5, 5.41) is 10.1. The fraction of sp³-hybridized carbons (Fsp3) is 0.615. The van der Waals surface area contributed by atoms with Gasteiger partial charge in [0.15, 0.2) is 0 Å². The fourth-order valence-corrected chi connectivity index (χ4v) is 2.01. The summed E-state index contributed by atoms with van der Waals surface area (Å²) in [5.74, 6) is -0.176. The maximum Gasteiger partial charge on any atom is 0.338 e. The molecule has 3 nitrogen and oxygen atoms in total. The first kappa shape index (κ1) is 12.8. The van der Waals surface area contributed by atoms with Gasteiger partial charge in [0.2, 0.25) is 0 Å². The molecule has 1 rings (SSSR count). The van der Waals surface area contributed by atoms with Gasteiger partial charge in [-0.05, 0) is 45.1 Å². The van der Waals surface area contributed by atoms with E-state index in [1.807, 2.05) is 20.8 Å². The molecule has 3 heteroatoms. The van der Waals surface area contributed by atoms with E-state index in [9.17, 15) is 9.90 Å². The molecular formula is C13H20O3. The molecule has 0 aromatic rings. The molecule has 0 bridgehead atoms. The standard InChI is InChI=1S/C13H20O3/c1-5-16-13(15)11-9(4)6-7-10(8(2)3)12(11)14/h9,14H,5-7H2,1-4H3/t9-/m0/s1. The van der Waals surface area contributed by atoms with Gasteiger partial charge in [0.1, 0.15) is 5.76 Å². The largest absolute Gasteiger partial charge is 0.507 e. The molecule has 1 aliphatic carbocycles. The van der Waals surface area contributed by atoms with Gasteiger partial charge < -0.3 is 9.84 Å². The summed E-state index contributed by atoms with van der Waals surface area (Å²) >= 11 is 0. The minimum absolute atomic E-state index is 0.0714. The van der Waals surface area contributed by atoms with E-state index in [1.165, 1.54) is 0 Å². The number of allylic oxidation sites excluding steroid dienone is 2. The monoisotopic (exact) mass is 224 g/mol. The quantitative estimate of drug-likeness (QED) is 0.733. The molecule has 0 aliphatic heterocycles. The molecule has 0 saturated heterocycles. The molecule has 0 fully saturated rings. The van der Waals surface area contributed by atoms with E-state index in [0.717, 1.165) is 24.0 Å². The minimum Gasteiger partial charge on any atom is -0.507 e. The van der Waals surface area contributed by atoms with E-state index >= 15 is 0 Å². The Morgan fingerprint density at radius 3 is 2.62 bits per heavy atom. The third-order valence-corrected chi connectivity index (χ3v) is 2.96. The lowest BCUT2D eigenvalue weighted by Crippen LogP contribution is -2.21. The Kier molecular flexibility index (Phi) is 4.16. The second-order valence-electron chi connectivity index (χ2n) is 4.40. The van der Waals surface area contributed by atoms with Gasteiger partial charge in [0.05, 0.1) is 12.2 Å². The maximum atomic E-state index is 11.7. The van der Waals surface area contributed by atoms with Gasteiger partial charge in [-0.25, -0.2) is 4.79 Å². The van der Waals surface area contributed by atoms with Crippen LogP contribution in [0, 0.1) is 5.92 Å². The Bertz CT molecular complexity index is 346. The molecule has 0 heterocycles. The molecule has 1 N–H and O–H groups in total. The lowest BCUT2D eigenvalue weighted by atomic mass is 9.83. The zero-order valence-electron chi connectivity index (χ0n) is 10.5. The highest BCUT2D eigenvalue weighted by Gasteiger charge is 2.29. The smallest absolute Gasteiger partial charge is 0.338 e. The van der Waals surface area contributed by atoms with Crippen molar-refractivity contribution in [1.82, 2.24) is 0 Å². The van der Waals surface area contributed by atoms with Crippen LogP contribution in [-0.4, -0.2) is 17.7 Å². The lowest BCUT2D eigenvalue weighted by Gasteiger charge is -2.24. The van der Waals surface area contributed by atoms with Crippen molar-refractivity contribution in [3.05, 3.63) is 22.5 Å². The number of rotatable bonds is 2. The molecule has 1 aliphatic rings. The van der Waals surface area contributed by atoms with E-state index in [0.29, 0.717) is 12.2 Å². The molecule has 0 amide bonds. The number of hydrogen-bond donors (Lipinski definition) is 1. The SMILES string of the molecule is CCOC(=O)C1=C(O)C(=C(C)C)CC[C@@H]1C. The Morgan fingerprint density at radius 1 is 1.50 bits per heavy atom. The van der Waals surface area contributed by atoms with Gasteiger partial charge in [0.25, 0.3) is 0 Å². The van der Waals surface area contributed by atoms with Crippen molar-refractivity contribution >= 4 is 5.97 Å². The third-order valence-electron chi connectivity index (χ3n) is 2.96. The van der Waals surface area contributed by atoms with Gasteiger partial charge in [-0.2, -0.15) is 0 Å². The van der Waals surface area contributed by atoms with Gasteiger partial charge in [0, 0.05) is 0 Å². The zero-order chi connectivity index (χ0) is 12.3. The topological polar surface area (TPSA) is 46.5 Å². The Labute approximate surface area is 96.8 Å². The van der Waals surface area contributed by atoms with Gasteiger partial charge in [-0.1, -0.05) is 12.5 Å². The van der Waals surface area contributed by atoms with Crippen molar-refractivity contribution in [1.29, 1.82) is 0 Å². The molecule has 0 radical (unpaired) electrons. The molecule has 0 aromatic heterocycles. The maximum absolute atomic E-state index is 11.7. The van der Waals surface area contributed by atoms with Gasteiger partial charge in [-0.3, -0.25) is 0 Å². The predicted molar refractivity (Wildman–Crippen MR) is 63.1 cm³/mol. The first-order valence-electron chi connectivity index (χ1n) is 5.76. The predicted octanol–water partition coefficient (Wildman–Crippen LogP) is 3.13. The minimum atomic E-state index is -0.383. The number of hydrogen-bond acceptors (Lipinski definition) is 3. The fourth-order valence-electron chi connectivity index (χ4n) is 2.01. The number of aliphatic hydroxyl groups is 1. The van der Waals surface area contributed by atoms with Crippen molar-refractivity contribution in [2.24, 2.45) is 5.92 Å². The first-order chi connectivity index (χ1) is 7.49. The molecule has 90 valence electrons. The van der Waals surface area contributed by atoms with Crippen molar-refractivity contribution in [2.45, 2.75) is 40.5 Å². The molecule has 0 aromatic carbocycles. The number of carbonyl (C=O) groups excluding carboxylic acids is 1. The highest BCUT2D eigenvalue weighted by atomic mass is 16.5. The van der Waals surface area contributed by atoms with Crippen LogP contribution in [0.5, 0.6) is 0 Å². The van der Waals surface area contributed by atoms with E-state index < -0.39 is 0 Å². The Morgan fingerprint density at radius 2 is 2.12 bits per heavy atom. The van der Waals surface area contributed by atoms with Crippen LogP contribution >= 0.6 is 0 Å². The summed E-state index contributed by atoms with van der Waals surface area (Å²) in [6.45, 7) is 7.95. The Hall–Kier alpha value is -1.25. The molecule has 16 heavy (non-hydrogen) atoms. The van der Waals surface area contributed by atoms with E-state index in [1.54, 1.807) is 6.92 Å². The first-order valence-corrected chi connectivity index (χ1v) is 5.76. The summed E-state index contributed by atoms with van der Waals surface area (Å²) in [6.07, 6.45) is 1.72.